The van der Waals surface area contributed by atoms with Gasteiger partial charge in [0, 0.05) is 12.6 Å². The van der Waals surface area contributed by atoms with E-state index in [1.165, 1.54) is 12.1 Å². The molecule has 4 nitrogen and oxygen atoms in total. The van der Waals surface area contributed by atoms with Crippen LogP contribution in [0.3, 0.4) is 0 Å². The van der Waals surface area contributed by atoms with Crippen LogP contribution in [0.15, 0.2) is 18.2 Å². The number of benzene rings is 1. The highest BCUT2D eigenvalue weighted by atomic mass is 19.1. The van der Waals surface area contributed by atoms with Crippen LogP contribution in [0.4, 0.5) is 10.2 Å². The van der Waals surface area contributed by atoms with E-state index in [0.29, 0.717) is 5.82 Å². The summed E-state index contributed by atoms with van der Waals surface area (Å²) in [6, 6.07) is 4.46. The first-order chi connectivity index (χ1) is 8.90. The predicted octanol–water partition coefficient (Wildman–Crippen LogP) is 2.74. The van der Waals surface area contributed by atoms with Crippen LogP contribution in [-0.2, 0) is 7.05 Å². The van der Waals surface area contributed by atoms with Gasteiger partial charge in [0.25, 0.3) is 5.91 Å². The maximum Gasteiger partial charge on any atom is 0.259 e. The van der Waals surface area contributed by atoms with Gasteiger partial charge in [0.2, 0.25) is 0 Å². The standard InChI is InChI=1S/C14H16FN3O/c1-8-5-6-12(15)11(7-8)14(19)16-13-9(2)10(3)17-18(13)4/h5-7H,1-4H3,(H,16,19). The molecular weight excluding hydrogens is 245 g/mol. The molecular formula is C14H16FN3O. The van der Waals surface area contributed by atoms with Crippen molar-refractivity contribution in [2.24, 2.45) is 7.05 Å². The largest absolute Gasteiger partial charge is 0.306 e. The van der Waals surface area contributed by atoms with Crippen LogP contribution in [0.1, 0.15) is 27.2 Å². The number of nitrogens with zero attached hydrogens (tertiary/aromatic N) is 2. The van der Waals surface area contributed by atoms with Crippen LogP contribution in [0, 0.1) is 26.6 Å². The zero-order valence-corrected chi connectivity index (χ0v) is 11.4. The number of anilines is 1. The normalized spacial score (nSPS) is 10.6. The number of amides is 1. The Bertz CT molecular complexity index is 646. The zero-order chi connectivity index (χ0) is 14.2. The number of rotatable bonds is 2. The summed E-state index contributed by atoms with van der Waals surface area (Å²) in [5.74, 6) is -0.407. The van der Waals surface area contributed by atoms with Crippen LogP contribution in [0.5, 0.6) is 0 Å². The summed E-state index contributed by atoms with van der Waals surface area (Å²) in [6.07, 6.45) is 0. The average Bonchev–Trinajstić information content (AvgIpc) is 2.59. The van der Waals surface area contributed by atoms with E-state index in [0.717, 1.165) is 16.8 Å². The van der Waals surface area contributed by atoms with Crippen molar-refractivity contribution < 1.29 is 9.18 Å². The van der Waals surface area contributed by atoms with Crippen molar-refractivity contribution in [3.63, 3.8) is 0 Å². The van der Waals surface area contributed by atoms with E-state index in [1.54, 1.807) is 17.8 Å². The van der Waals surface area contributed by atoms with Gasteiger partial charge in [-0.3, -0.25) is 9.48 Å². The number of carbonyl (C=O) groups excluding carboxylic acids is 1. The lowest BCUT2D eigenvalue weighted by Crippen LogP contribution is -2.17. The van der Waals surface area contributed by atoms with E-state index in [9.17, 15) is 9.18 Å². The molecule has 0 fully saturated rings. The van der Waals surface area contributed by atoms with Crippen LogP contribution in [-0.4, -0.2) is 15.7 Å². The molecule has 0 saturated heterocycles. The molecule has 0 saturated carbocycles. The van der Waals surface area contributed by atoms with E-state index in [-0.39, 0.29) is 5.56 Å². The molecule has 1 amide bonds. The van der Waals surface area contributed by atoms with Gasteiger partial charge in [-0.1, -0.05) is 11.6 Å². The number of aromatic nitrogens is 2. The molecule has 2 aromatic rings. The maximum atomic E-state index is 13.6. The Morgan fingerprint density at radius 3 is 2.58 bits per heavy atom. The number of halogens is 1. The Morgan fingerprint density at radius 1 is 1.32 bits per heavy atom. The second kappa shape index (κ2) is 4.84. The van der Waals surface area contributed by atoms with E-state index in [4.69, 9.17) is 0 Å². The van der Waals surface area contributed by atoms with Crippen molar-refractivity contribution in [2.75, 3.05) is 5.32 Å². The van der Waals surface area contributed by atoms with Gasteiger partial charge >= 0.3 is 0 Å². The highest BCUT2D eigenvalue weighted by Crippen LogP contribution is 2.19. The molecule has 0 aliphatic carbocycles. The second-order valence-corrected chi connectivity index (χ2v) is 4.62. The number of nitrogens with one attached hydrogen (secondary N) is 1. The molecule has 0 unspecified atom stereocenters. The van der Waals surface area contributed by atoms with Crippen molar-refractivity contribution in [3.8, 4) is 0 Å². The first-order valence-corrected chi connectivity index (χ1v) is 5.98. The van der Waals surface area contributed by atoms with Gasteiger partial charge in [0.1, 0.15) is 11.6 Å². The number of hydrogen-bond acceptors (Lipinski definition) is 2. The molecule has 19 heavy (non-hydrogen) atoms. The number of hydrogen-bond donors (Lipinski definition) is 1. The quantitative estimate of drug-likeness (QED) is 0.903. The lowest BCUT2D eigenvalue weighted by molar-refractivity contribution is 0.102. The van der Waals surface area contributed by atoms with Crippen molar-refractivity contribution in [1.82, 2.24) is 9.78 Å². The fourth-order valence-corrected chi connectivity index (χ4v) is 1.93. The molecule has 1 aromatic carbocycles. The Hall–Kier alpha value is -2.17. The lowest BCUT2D eigenvalue weighted by atomic mass is 10.1. The van der Waals surface area contributed by atoms with E-state index in [1.807, 2.05) is 20.8 Å². The summed E-state index contributed by atoms with van der Waals surface area (Å²) in [7, 11) is 1.74. The Labute approximate surface area is 111 Å². The summed E-state index contributed by atoms with van der Waals surface area (Å²) in [5.41, 5.74) is 2.59. The molecule has 5 heteroatoms. The van der Waals surface area contributed by atoms with Gasteiger partial charge in [0.15, 0.2) is 0 Å². The molecule has 0 aliphatic heterocycles. The number of carbonyl (C=O) groups is 1. The van der Waals surface area contributed by atoms with Crippen LogP contribution in [0.25, 0.3) is 0 Å². The minimum atomic E-state index is -0.528. The molecule has 0 bridgehead atoms. The van der Waals surface area contributed by atoms with Gasteiger partial charge in [0.05, 0.1) is 11.3 Å². The maximum absolute atomic E-state index is 13.6. The molecule has 0 aliphatic rings. The minimum Gasteiger partial charge on any atom is -0.306 e. The Morgan fingerprint density at radius 2 is 2.00 bits per heavy atom. The number of aryl methyl sites for hydroxylation is 3. The van der Waals surface area contributed by atoms with Crippen molar-refractivity contribution in [1.29, 1.82) is 0 Å². The first kappa shape index (κ1) is 13.3. The third-order valence-electron chi connectivity index (χ3n) is 3.12. The summed E-state index contributed by atoms with van der Waals surface area (Å²) in [6.45, 7) is 5.54. The summed E-state index contributed by atoms with van der Waals surface area (Å²) in [5, 5.41) is 6.91. The summed E-state index contributed by atoms with van der Waals surface area (Å²) < 4.78 is 15.2. The molecule has 0 spiro atoms. The third kappa shape index (κ3) is 2.50. The van der Waals surface area contributed by atoms with E-state index < -0.39 is 11.7 Å². The molecule has 1 aromatic heterocycles. The second-order valence-electron chi connectivity index (χ2n) is 4.62. The first-order valence-electron chi connectivity index (χ1n) is 5.98. The fourth-order valence-electron chi connectivity index (χ4n) is 1.93. The van der Waals surface area contributed by atoms with Crippen molar-refractivity contribution in [3.05, 3.63) is 46.4 Å². The SMILES string of the molecule is Cc1ccc(F)c(C(=O)Nc2c(C)c(C)nn2C)c1. The lowest BCUT2D eigenvalue weighted by Gasteiger charge is -2.08. The minimum absolute atomic E-state index is 0.0400. The van der Waals surface area contributed by atoms with Gasteiger partial charge in [-0.05, 0) is 32.9 Å². The van der Waals surface area contributed by atoms with Gasteiger partial charge in [-0.15, -0.1) is 0 Å². The molecule has 2 rings (SSSR count). The Kier molecular flexibility index (Phi) is 3.38. The topological polar surface area (TPSA) is 46.9 Å². The molecule has 0 atom stereocenters. The predicted molar refractivity (Wildman–Crippen MR) is 71.8 cm³/mol. The highest BCUT2D eigenvalue weighted by Gasteiger charge is 2.16. The molecule has 1 heterocycles. The van der Waals surface area contributed by atoms with E-state index >= 15 is 0 Å². The van der Waals surface area contributed by atoms with Crippen LogP contribution in [0.2, 0.25) is 0 Å². The van der Waals surface area contributed by atoms with Gasteiger partial charge in [-0.2, -0.15) is 5.10 Å². The van der Waals surface area contributed by atoms with Crippen molar-refractivity contribution >= 4 is 11.7 Å². The van der Waals surface area contributed by atoms with Gasteiger partial charge in [-0.25, -0.2) is 4.39 Å². The smallest absolute Gasteiger partial charge is 0.259 e. The highest BCUT2D eigenvalue weighted by molar-refractivity contribution is 6.04. The molecule has 0 radical (unpaired) electrons. The summed E-state index contributed by atoms with van der Waals surface area (Å²) in [4.78, 5) is 12.1. The Balaban J connectivity index is 2.33. The van der Waals surface area contributed by atoms with Gasteiger partial charge < -0.3 is 5.32 Å². The molecule has 100 valence electrons. The fraction of sp³-hybridized carbons (Fsp3) is 0.286. The average molecular weight is 261 g/mol. The van der Waals surface area contributed by atoms with Crippen LogP contribution < -0.4 is 5.32 Å². The summed E-state index contributed by atoms with van der Waals surface area (Å²) >= 11 is 0. The molecule has 1 N–H and O–H groups in total. The van der Waals surface area contributed by atoms with Crippen LogP contribution >= 0.6 is 0 Å². The van der Waals surface area contributed by atoms with E-state index in [2.05, 4.69) is 10.4 Å². The zero-order valence-electron chi connectivity index (χ0n) is 11.4. The monoisotopic (exact) mass is 261 g/mol. The third-order valence-corrected chi connectivity index (χ3v) is 3.12. The van der Waals surface area contributed by atoms with Crippen molar-refractivity contribution in [2.45, 2.75) is 20.8 Å².